The lowest BCUT2D eigenvalue weighted by atomic mass is 10.0. The number of esters is 4. The number of hydrogen-bond acceptors (Lipinski definition) is 15. The molecule has 0 saturated heterocycles. The van der Waals surface area contributed by atoms with Crippen molar-refractivity contribution in [2.24, 2.45) is 11.8 Å². The molecule has 2 unspecified atom stereocenters. The van der Waals surface area contributed by atoms with Crippen LogP contribution in [0.3, 0.4) is 0 Å². The van der Waals surface area contributed by atoms with E-state index in [0.717, 1.165) is 115 Å². The zero-order valence-corrected chi connectivity index (χ0v) is 61.8. The van der Waals surface area contributed by atoms with Gasteiger partial charge in [-0.2, -0.15) is 0 Å². The van der Waals surface area contributed by atoms with Crippen molar-refractivity contribution in [1.29, 1.82) is 0 Å². The van der Waals surface area contributed by atoms with E-state index in [2.05, 4.69) is 65.8 Å². The van der Waals surface area contributed by atoms with E-state index in [1.54, 1.807) is 0 Å². The third-order valence-corrected chi connectivity index (χ3v) is 18.5. The van der Waals surface area contributed by atoms with Crippen LogP contribution in [0.4, 0.5) is 0 Å². The van der Waals surface area contributed by atoms with E-state index in [1.165, 1.54) is 154 Å². The molecule has 0 aliphatic rings. The summed E-state index contributed by atoms with van der Waals surface area (Å²) in [6.07, 6.45) is 54.9. The van der Waals surface area contributed by atoms with Gasteiger partial charge in [0.1, 0.15) is 19.3 Å². The first-order chi connectivity index (χ1) is 44.9. The minimum absolute atomic E-state index is 0.100. The van der Waals surface area contributed by atoms with E-state index >= 15 is 0 Å². The van der Waals surface area contributed by atoms with E-state index in [9.17, 15) is 43.2 Å². The van der Waals surface area contributed by atoms with Crippen LogP contribution in [0.25, 0.3) is 0 Å². The quantitative estimate of drug-likeness (QED) is 0.0169. The minimum atomic E-state index is -4.96. The SMILES string of the molecule is CCCCCC/C=C\C=C/CCCCCCCC(=O)OC[C@H](COP(=O)(O)OC[C@@H](O)COP(=O)(O)OC[C@@H](COC(=O)CCCCCCCCCCCC)OC(=O)CCCCCCCCCCC(C)C)OC(=O)CCCCCCCCCCCCCCCCC(C)C. The van der Waals surface area contributed by atoms with Gasteiger partial charge < -0.3 is 33.8 Å². The Morgan fingerprint density at radius 2 is 0.581 bits per heavy atom. The van der Waals surface area contributed by atoms with Gasteiger partial charge in [0.05, 0.1) is 26.4 Å². The van der Waals surface area contributed by atoms with Crippen LogP contribution in [0.2, 0.25) is 0 Å². The summed E-state index contributed by atoms with van der Waals surface area (Å²) >= 11 is 0. The number of allylic oxidation sites excluding steroid dienone is 4. The molecule has 0 aromatic heterocycles. The van der Waals surface area contributed by atoms with Crippen LogP contribution in [-0.2, 0) is 65.4 Å². The van der Waals surface area contributed by atoms with Gasteiger partial charge in [0.15, 0.2) is 12.2 Å². The molecule has 548 valence electrons. The van der Waals surface area contributed by atoms with E-state index in [4.69, 9.17) is 37.0 Å². The highest BCUT2D eigenvalue weighted by atomic mass is 31.2. The predicted molar refractivity (Wildman–Crippen MR) is 377 cm³/mol. The van der Waals surface area contributed by atoms with Crippen LogP contribution in [0, 0.1) is 11.8 Å². The lowest BCUT2D eigenvalue weighted by Gasteiger charge is -2.21. The molecule has 5 atom stereocenters. The van der Waals surface area contributed by atoms with Gasteiger partial charge in [-0.1, -0.05) is 303 Å². The third kappa shape index (κ3) is 67.9. The summed E-state index contributed by atoms with van der Waals surface area (Å²) in [5, 5.41) is 10.6. The van der Waals surface area contributed by atoms with Gasteiger partial charge in [-0.25, -0.2) is 9.13 Å². The zero-order chi connectivity index (χ0) is 68.6. The van der Waals surface area contributed by atoms with Crippen LogP contribution in [-0.4, -0.2) is 96.7 Å². The normalized spacial score (nSPS) is 14.2. The molecule has 0 aromatic carbocycles. The summed E-state index contributed by atoms with van der Waals surface area (Å²) in [7, 11) is -9.92. The highest BCUT2D eigenvalue weighted by molar-refractivity contribution is 7.47. The Morgan fingerprint density at radius 3 is 0.882 bits per heavy atom. The van der Waals surface area contributed by atoms with Crippen LogP contribution >= 0.6 is 15.6 Å². The van der Waals surface area contributed by atoms with Gasteiger partial charge in [-0.05, 0) is 63.2 Å². The second-order valence-electron chi connectivity index (χ2n) is 27.0. The first-order valence-corrected chi connectivity index (χ1v) is 40.8. The zero-order valence-electron chi connectivity index (χ0n) is 60.0. The summed E-state index contributed by atoms with van der Waals surface area (Å²) in [6, 6.07) is 0. The van der Waals surface area contributed by atoms with Crippen molar-refractivity contribution in [1.82, 2.24) is 0 Å². The summed E-state index contributed by atoms with van der Waals surface area (Å²) in [6.45, 7) is 9.48. The number of rotatable bonds is 71. The molecule has 0 aromatic rings. The lowest BCUT2D eigenvalue weighted by Crippen LogP contribution is -2.30. The van der Waals surface area contributed by atoms with Gasteiger partial charge in [0.2, 0.25) is 0 Å². The molecule has 0 aliphatic heterocycles. The number of aliphatic hydroxyl groups excluding tert-OH is 1. The number of phosphoric acid groups is 2. The van der Waals surface area contributed by atoms with Gasteiger partial charge >= 0.3 is 39.5 Å². The summed E-state index contributed by atoms with van der Waals surface area (Å²) in [5.74, 6) is -0.641. The van der Waals surface area contributed by atoms with E-state index in [0.29, 0.717) is 31.6 Å². The molecule has 0 rings (SSSR count). The number of hydrogen-bond donors (Lipinski definition) is 3. The van der Waals surface area contributed by atoms with Gasteiger partial charge in [0.25, 0.3) is 0 Å². The van der Waals surface area contributed by atoms with Crippen molar-refractivity contribution >= 4 is 39.5 Å². The maximum Gasteiger partial charge on any atom is 0.472 e. The first kappa shape index (κ1) is 90.5. The third-order valence-electron chi connectivity index (χ3n) is 16.6. The van der Waals surface area contributed by atoms with Crippen molar-refractivity contribution in [3.05, 3.63) is 24.3 Å². The maximum absolute atomic E-state index is 13.1. The minimum Gasteiger partial charge on any atom is -0.462 e. The monoisotopic (exact) mass is 1360 g/mol. The number of unbranched alkanes of at least 4 members (excludes halogenated alkanes) is 38. The van der Waals surface area contributed by atoms with Gasteiger partial charge in [-0.3, -0.25) is 37.3 Å². The molecule has 0 heterocycles. The van der Waals surface area contributed by atoms with Crippen LogP contribution < -0.4 is 0 Å². The number of phosphoric ester groups is 2. The summed E-state index contributed by atoms with van der Waals surface area (Å²) < 4.78 is 68.4. The molecule has 0 radical (unpaired) electrons. The van der Waals surface area contributed by atoms with Crippen molar-refractivity contribution in [3.8, 4) is 0 Å². The molecule has 0 saturated carbocycles. The molecule has 0 bridgehead atoms. The predicted octanol–water partition coefficient (Wildman–Crippen LogP) is 21.1. The summed E-state index contributed by atoms with van der Waals surface area (Å²) in [4.78, 5) is 72.7. The van der Waals surface area contributed by atoms with Gasteiger partial charge in [0, 0.05) is 25.7 Å². The Balaban J connectivity index is 5.27. The van der Waals surface area contributed by atoms with Crippen LogP contribution in [0.5, 0.6) is 0 Å². The number of carbonyl (C=O) groups is 4. The Labute approximate surface area is 567 Å². The van der Waals surface area contributed by atoms with Crippen molar-refractivity contribution in [2.75, 3.05) is 39.6 Å². The largest absolute Gasteiger partial charge is 0.472 e. The second-order valence-corrected chi connectivity index (χ2v) is 29.9. The Morgan fingerprint density at radius 1 is 0.333 bits per heavy atom. The number of ether oxygens (including phenoxy) is 4. The Bertz CT molecular complexity index is 1900. The number of carbonyl (C=O) groups excluding carboxylic acids is 4. The molecule has 93 heavy (non-hydrogen) atoms. The molecule has 19 heteroatoms. The van der Waals surface area contributed by atoms with E-state index < -0.39 is 97.5 Å². The molecule has 17 nitrogen and oxygen atoms in total. The molecule has 0 amide bonds. The number of aliphatic hydroxyl groups is 1. The molecule has 3 N–H and O–H groups in total. The molecular formula is C74H140O17P2. The first-order valence-electron chi connectivity index (χ1n) is 37.8. The van der Waals surface area contributed by atoms with E-state index in [1.807, 2.05) is 0 Å². The smallest absolute Gasteiger partial charge is 0.462 e. The fraction of sp³-hybridized carbons (Fsp3) is 0.892. The standard InChI is InChI=1S/C74H140O17P2/c1-7-9-11-13-15-17-19-20-21-25-28-32-39-45-51-57-72(77)85-62-69(90-73(78)58-52-46-40-33-29-26-23-22-24-27-30-36-42-48-54-66(3)4)64-88-92(80,81)86-60-68(75)61-87-93(82,83)89-65-70(63-84-71(76)56-50-44-38-31-18-16-14-12-10-8-2)91-74(79)59-53-47-41-35-34-37-43-49-55-67(5)6/h17,19-21,66-70,75H,7-16,18,22-65H2,1-6H3,(H,80,81)(H,82,83)/b19-17-,21-20-/t68-,69-,70-/m1/s1. The van der Waals surface area contributed by atoms with Crippen molar-refractivity contribution in [2.45, 2.75) is 374 Å². The molecule has 0 spiro atoms. The highest BCUT2D eigenvalue weighted by Gasteiger charge is 2.30. The second kappa shape index (κ2) is 65.5. The summed E-state index contributed by atoms with van der Waals surface area (Å²) in [5.41, 5.74) is 0. The molecule has 0 aliphatic carbocycles. The highest BCUT2D eigenvalue weighted by Crippen LogP contribution is 2.45. The maximum atomic E-state index is 13.1. The fourth-order valence-electron chi connectivity index (χ4n) is 10.8. The molecule has 0 fully saturated rings. The van der Waals surface area contributed by atoms with Crippen molar-refractivity contribution < 1.29 is 80.2 Å². The van der Waals surface area contributed by atoms with Crippen LogP contribution in [0.1, 0.15) is 356 Å². The van der Waals surface area contributed by atoms with Gasteiger partial charge in [-0.15, -0.1) is 0 Å². The fourth-order valence-corrected chi connectivity index (χ4v) is 12.3. The Hall–Kier alpha value is -2.46. The van der Waals surface area contributed by atoms with E-state index in [-0.39, 0.29) is 25.7 Å². The van der Waals surface area contributed by atoms with Crippen LogP contribution in [0.15, 0.2) is 24.3 Å². The molecular weight excluding hydrogens is 1220 g/mol. The lowest BCUT2D eigenvalue weighted by molar-refractivity contribution is -0.161. The average molecular weight is 1360 g/mol. The topological polar surface area (TPSA) is 237 Å². The van der Waals surface area contributed by atoms with Crippen molar-refractivity contribution in [3.63, 3.8) is 0 Å². The average Bonchev–Trinajstić information content (AvgIpc) is 1.74. The Kier molecular flexibility index (Phi) is 63.7.